The van der Waals surface area contributed by atoms with Gasteiger partial charge in [0.1, 0.15) is 12.6 Å². The number of unbranched alkanes of at least 4 members (excludes halogenated alkanes) is 2. The first-order valence-electron chi connectivity index (χ1n) is 14.0. The highest BCUT2D eigenvalue weighted by Gasteiger charge is 2.40. The third-order valence-corrected chi connectivity index (χ3v) is 7.34. The summed E-state index contributed by atoms with van der Waals surface area (Å²) in [4.78, 5) is 47.1. The standard InChI is InChI=1S/C32H37N5O4/c1-2-26(31(40)41)36-21-28(38)37(29(23-13-7-3-8-14-23)24-15-9-4-10-16-24)27-18-17-22(20-25(27)30(36)39)12-6-5-11-19-35-32(33)34/h3-4,7-10,13-18,20,26,29H,2,5-6,11-12,19,21H2,1H3,(H,40,41)(H4,33,34,35). The normalized spacial score (nSPS) is 14.0. The van der Waals surface area contributed by atoms with Gasteiger partial charge in [0.25, 0.3) is 5.91 Å². The van der Waals surface area contributed by atoms with Gasteiger partial charge < -0.3 is 21.5 Å². The highest BCUT2D eigenvalue weighted by Crippen LogP contribution is 2.38. The summed E-state index contributed by atoms with van der Waals surface area (Å²) < 4.78 is 0. The van der Waals surface area contributed by atoms with Crippen LogP contribution in [0.4, 0.5) is 5.69 Å². The van der Waals surface area contributed by atoms with Crippen LogP contribution in [0.5, 0.6) is 0 Å². The van der Waals surface area contributed by atoms with Gasteiger partial charge in [-0.15, -0.1) is 0 Å². The van der Waals surface area contributed by atoms with Gasteiger partial charge in [0.15, 0.2) is 5.96 Å². The Morgan fingerprint density at radius 3 is 2.12 bits per heavy atom. The van der Waals surface area contributed by atoms with Crippen LogP contribution in [-0.2, 0) is 16.0 Å². The number of aliphatic imine (C=N–C) groups is 1. The Kier molecular flexibility index (Phi) is 9.73. The molecule has 0 aliphatic carbocycles. The van der Waals surface area contributed by atoms with E-state index in [1.165, 1.54) is 4.90 Å². The fourth-order valence-corrected chi connectivity index (χ4v) is 5.35. The number of hydrogen-bond acceptors (Lipinski definition) is 4. The van der Waals surface area contributed by atoms with Crippen molar-refractivity contribution in [2.24, 2.45) is 16.5 Å². The average molecular weight is 556 g/mol. The number of rotatable bonds is 12. The smallest absolute Gasteiger partial charge is 0.326 e. The maximum absolute atomic E-state index is 14.1. The van der Waals surface area contributed by atoms with Crippen molar-refractivity contribution in [1.29, 1.82) is 0 Å². The van der Waals surface area contributed by atoms with Crippen LogP contribution in [0.2, 0.25) is 0 Å². The molecule has 0 saturated heterocycles. The van der Waals surface area contributed by atoms with Crippen molar-refractivity contribution >= 4 is 29.4 Å². The van der Waals surface area contributed by atoms with Crippen molar-refractivity contribution < 1.29 is 19.5 Å². The Morgan fingerprint density at radius 1 is 0.927 bits per heavy atom. The number of aryl methyl sites for hydroxylation is 1. The third kappa shape index (κ3) is 6.92. The number of amides is 2. The Hall–Kier alpha value is -4.66. The maximum Gasteiger partial charge on any atom is 0.326 e. The molecule has 0 aromatic heterocycles. The lowest BCUT2D eigenvalue weighted by molar-refractivity contribution is -0.142. The number of carboxylic acid groups (broad SMARTS) is 1. The molecule has 3 aromatic carbocycles. The molecule has 0 spiro atoms. The first kappa shape index (κ1) is 29.3. The summed E-state index contributed by atoms with van der Waals surface area (Å²) in [7, 11) is 0. The van der Waals surface area contributed by atoms with E-state index in [-0.39, 0.29) is 24.8 Å². The van der Waals surface area contributed by atoms with Crippen molar-refractivity contribution in [1.82, 2.24) is 4.90 Å². The van der Waals surface area contributed by atoms with Gasteiger partial charge in [0.2, 0.25) is 5.91 Å². The molecule has 9 heteroatoms. The van der Waals surface area contributed by atoms with Gasteiger partial charge in [-0.2, -0.15) is 0 Å². The van der Waals surface area contributed by atoms with Crippen molar-refractivity contribution in [3.05, 3.63) is 101 Å². The minimum Gasteiger partial charge on any atom is -0.480 e. The fourth-order valence-electron chi connectivity index (χ4n) is 5.35. The van der Waals surface area contributed by atoms with Crippen molar-refractivity contribution in [2.45, 2.75) is 51.1 Å². The van der Waals surface area contributed by atoms with Crippen LogP contribution in [-0.4, -0.2) is 52.9 Å². The first-order valence-corrected chi connectivity index (χ1v) is 14.0. The molecule has 0 saturated carbocycles. The molecule has 0 radical (unpaired) electrons. The molecule has 4 rings (SSSR count). The maximum atomic E-state index is 14.1. The van der Waals surface area contributed by atoms with E-state index in [0.717, 1.165) is 36.0 Å². The summed E-state index contributed by atoms with van der Waals surface area (Å²) in [5, 5.41) is 9.93. The predicted octanol–water partition coefficient (Wildman–Crippen LogP) is 4.11. The van der Waals surface area contributed by atoms with Crippen LogP contribution in [0.15, 0.2) is 83.9 Å². The highest BCUT2D eigenvalue weighted by atomic mass is 16.4. The lowest BCUT2D eigenvalue weighted by atomic mass is 9.95. The molecule has 41 heavy (non-hydrogen) atoms. The largest absolute Gasteiger partial charge is 0.480 e. The molecular formula is C32H37N5O4. The molecular weight excluding hydrogens is 518 g/mol. The van der Waals surface area contributed by atoms with Gasteiger partial charge in [-0.05, 0) is 54.5 Å². The second kappa shape index (κ2) is 13.6. The van der Waals surface area contributed by atoms with Crippen LogP contribution in [0.25, 0.3) is 0 Å². The Bertz CT molecular complexity index is 1350. The molecule has 0 bridgehead atoms. The van der Waals surface area contributed by atoms with E-state index in [1.807, 2.05) is 78.9 Å². The van der Waals surface area contributed by atoms with Crippen LogP contribution < -0.4 is 16.4 Å². The quantitative estimate of drug-likeness (QED) is 0.174. The van der Waals surface area contributed by atoms with Gasteiger partial charge in [-0.1, -0.05) is 80.1 Å². The van der Waals surface area contributed by atoms with Crippen molar-refractivity contribution in [3.8, 4) is 0 Å². The minimum absolute atomic E-state index is 0.0778. The number of nitrogens with zero attached hydrogens (tertiary/aromatic N) is 3. The third-order valence-electron chi connectivity index (χ3n) is 7.34. The van der Waals surface area contributed by atoms with Crippen LogP contribution >= 0.6 is 0 Å². The molecule has 0 fully saturated rings. The second-order valence-electron chi connectivity index (χ2n) is 10.2. The fraction of sp³-hybridized carbons (Fsp3) is 0.312. The minimum atomic E-state index is -1.14. The molecule has 3 aromatic rings. The van der Waals surface area contributed by atoms with E-state index in [2.05, 4.69) is 4.99 Å². The Labute approximate surface area is 240 Å². The second-order valence-corrected chi connectivity index (χ2v) is 10.2. The van der Waals surface area contributed by atoms with Crippen LogP contribution in [0.1, 0.15) is 65.7 Å². The monoisotopic (exact) mass is 555 g/mol. The number of fused-ring (bicyclic) bond motifs is 1. The molecule has 2 amide bonds. The summed E-state index contributed by atoms with van der Waals surface area (Å²) in [5.41, 5.74) is 14.3. The molecule has 1 aliphatic heterocycles. The number of aliphatic carboxylic acids is 1. The zero-order valence-corrected chi connectivity index (χ0v) is 23.3. The molecule has 214 valence electrons. The van der Waals surface area contributed by atoms with E-state index in [9.17, 15) is 19.5 Å². The molecule has 1 heterocycles. The zero-order valence-electron chi connectivity index (χ0n) is 23.3. The molecule has 1 atom stereocenters. The number of anilines is 1. The number of benzene rings is 3. The van der Waals surface area contributed by atoms with E-state index in [4.69, 9.17) is 11.5 Å². The zero-order chi connectivity index (χ0) is 29.4. The summed E-state index contributed by atoms with van der Waals surface area (Å²) in [5.74, 6) is -1.86. The first-order chi connectivity index (χ1) is 19.8. The van der Waals surface area contributed by atoms with Gasteiger partial charge in [-0.25, -0.2) is 4.79 Å². The summed E-state index contributed by atoms with van der Waals surface area (Å²) in [6.07, 6.45) is 3.50. The summed E-state index contributed by atoms with van der Waals surface area (Å²) in [6, 6.07) is 23.3. The SMILES string of the molecule is CCC(C(=O)O)N1CC(=O)N(C(c2ccccc2)c2ccccc2)c2ccc(CCCCCN=C(N)N)cc2C1=O. The van der Waals surface area contributed by atoms with E-state index < -0.39 is 24.0 Å². The molecule has 9 nitrogen and oxygen atoms in total. The van der Waals surface area contributed by atoms with Gasteiger partial charge in [0.05, 0.1) is 17.3 Å². The number of hydrogen-bond donors (Lipinski definition) is 3. The lowest BCUT2D eigenvalue weighted by Gasteiger charge is -2.33. The van der Waals surface area contributed by atoms with Gasteiger partial charge >= 0.3 is 5.97 Å². The lowest BCUT2D eigenvalue weighted by Crippen LogP contribution is -2.48. The van der Waals surface area contributed by atoms with Gasteiger partial charge in [0, 0.05) is 6.54 Å². The van der Waals surface area contributed by atoms with Crippen LogP contribution in [0.3, 0.4) is 0 Å². The number of nitrogens with two attached hydrogens (primary N) is 2. The average Bonchev–Trinajstić information content (AvgIpc) is 3.07. The molecule has 5 N–H and O–H groups in total. The predicted molar refractivity (Wildman–Crippen MR) is 160 cm³/mol. The summed E-state index contributed by atoms with van der Waals surface area (Å²) in [6.45, 7) is 1.93. The van der Waals surface area contributed by atoms with Gasteiger partial charge in [-0.3, -0.25) is 19.5 Å². The Balaban J connectivity index is 1.77. The molecule has 1 unspecified atom stereocenters. The van der Waals surface area contributed by atoms with E-state index in [1.54, 1.807) is 11.8 Å². The van der Waals surface area contributed by atoms with Crippen molar-refractivity contribution in [2.75, 3.05) is 18.0 Å². The van der Waals surface area contributed by atoms with E-state index >= 15 is 0 Å². The Morgan fingerprint density at radius 2 is 1.56 bits per heavy atom. The highest BCUT2D eigenvalue weighted by molar-refractivity contribution is 6.11. The van der Waals surface area contributed by atoms with Crippen LogP contribution in [0, 0.1) is 0 Å². The number of carbonyl (C=O) groups is 3. The topological polar surface area (TPSA) is 142 Å². The number of guanidine groups is 1. The molecule has 1 aliphatic rings. The number of carboxylic acids is 1. The van der Waals surface area contributed by atoms with Crippen molar-refractivity contribution in [3.63, 3.8) is 0 Å². The number of carbonyl (C=O) groups excluding carboxylic acids is 2. The van der Waals surface area contributed by atoms with E-state index in [0.29, 0.717) is 24.2 Å². The summed E-state index contributed by atoms with van der Waals surface area (Å²) >= 11 is 0.